The van der Waals surface area contributed by atoms with Crippen LogP contribution in [0.4, 0.5) is 0 Å². The lowest BCUT2D eigenvalue weighted by atomic mass is 9.33. The van der Waals surface area contributed by atoms with Crippen molar-refractivity contribution in [3.05, 3.63) is 11.6 Å². The predicted molar refractivity (Wildman–Crippen MR) is 229 cm³/mol. The van der Waals surface area contributed by atoms with Crippen LogP contribution < -0.4 is 0 Å². The summed E-state index contributed by atoms with van der Waals surface area (Å²) in [4.78, 5) is 12.5. The molecule has 0 radical (unpaired) electrons. The predicted octanol–water partition coefficient (Wildman–Crippen LogP) is 1.73. The summed E-state index contributed by atoms with van der Waals surface area (Å²) in [6.45, 7) is 19.3. The molecule has 17 heteroatoms. The van der Waals surface area contributed by atoms with E-state index in [1.54, 1.807) is 5.57 Å². The summed E-state index contributed by atoms with van der Waals surface area (Å²) in [5, 5.41) is 108. The Morgan fingerprint density at radius 1 is 0.662 bits per heavy atom. The number of aliphatic carboxylic acids is 1. The Labute approximate surface area is 382 Å². The monoisotopic (exact) mass is 927 g/mol. The van der Waals surface area contributed by atoms with Gasteiger partial charge < -0.3 is 79.5 Å². The average Bonchev–Trinajstić information content (AvgIpc) is 3.22. The summed E-state index contributed by atoms with van der Waals surface area (Å²) in [5.41, 5.74) is 0.763. The first kappa shape index (κ1) is 50.0. The number of rotatable bonds is 8. The summed E-state index contributed by atoms with van der Waals surface area (Å²) in [5.74, 6) is -0.724. The van der Waals surface area contributed by atoms with Gasteiger partial charge in [0.1, 0.15) is 61.0 Å². The SMILES string of the molecule is C[C@H]1O[C@@H](O[C@H]2[C@@H](O[C@@H]3[C@@H](O[C@H]4CC[C@@]5(C)[C@H](CC[C@]6(C)[C@@H]5CC=C5[C@@H]7CC(C)(C)C[C@H](O)[C@]7(C)CC[C@]56C)C4(C)C)O[C@@H](C(=O)O)[C@H](O)[C@H]3O)O[C@H](CO)[C@H](O)[C@@H]2O)[C@H](O)[C@H](O)[C@@H]1O. The van der Waals surface area contributed by atoms with E-state index in [-0.39, 0.29) is 39.1 Å². The Bertz CT molecular complexity index is 1790. The molecular formula is C48H78O17. The van der Waals surface area contributed by atoms with Gasteiger partial charge in [-0.05, 0) is 110 Å². The first-order valence-electron chi connectivity index (χ1n) is 24.1. The maximum atomic E-state index is 12.5. The maximum Gasteiger partial charge on any atom is 0.335 e. The number of allylic oxidation sites excluding steroid dienone is 2. The highest BCUT2D eigenvalue weighted by Gasteiger charge is 2.69. The van der Waals surface area contributed by atoms with E-state index in [0.717, 1.165) is 51.4 Å². The van der Waals surface area contributed by atoms with Crippen LogP contribution in [0.2, 0.25) is 0 Å². The number of carboxylic acid groups (broad SMARTS) is 1. The zero-order valence-corrected chi connectivity index (χ0v) is 39.5. The molecule has 0 aromatic rings. The summed E-state index contributed by atoms with van der Waals surface area (Å²) >= 11 is 0. The smallest absolute Gasteiger partial charge is 0.335 e. The third-order valence-electron chi connectivity index (χ3n) is 19.4. The molecule has 3 saturated heterocycles. The lowest BCUT2D eigenvalue weighted by molar-refractivity contribution is -0.395. The third kappa shape index (κ3) is 7.81. The molecular weight excluding hydrogens is 849 g/mol. The van der Waals surface area contributed by atoms with Crippen LogP contribution in [-0.4, -0.2) is 168 Å². The first-order valence-corrected chi connectivity index (χ1v) is 24.1. The number of aliphatic hydroxyl groups excluding tert-OH is 9. The van der Waals surface area contributed by atoms with Gasteiger partial charge in [-0.1, -0.05) is 67.0 Å². The summed E-state index contributed by atoms with van der Waals surface area (Å²) in [6.07, 6.45) is -15.9. The molecule has 3 aliphatic heterocycles. The minimum atomic E-state index is -2.02. The highest BCUT2D eigenvalue weighted by atomic mass is 16.8. The van der Waals surface area contributed by atoms with Crippen molar-refractivity contribution >= 4 is 5.97 Å². The van der Waals surface area contributed by atoms with Crippen molar-refractivity contribution in [1.82, 2.24) is 0 Å². The van der Waals surface area contributed by atoms with Crippen molar-refractivity contribution in [2.45, 2.75) is 224 Å². The van der Waals surface area contributed by atoms with Crippen LogP contribution in [0, 0.1) is 50.2 Å². The molecule has 8 aliphatic rings. The minimum Gasteiger partial charge on any atom is -0.479 e. The normalized spacial score (nSPS) is 55.1. The number of aliphatic hydroxyl groups is 9. The van der Waals surface area contributed by atoms with E-state index in [9.17, 15) is 55.9 Å². The lowest BCUT2D eigenvalue weighted by Crippen LogP contribution is -2.68. The minimum absolute atomic E-state index is 0.00181. The topological polar surface area (TPSA) is 275 Å². The molecule has 7 fully saturated rings. The quantitative estimate of drug-likeness (QED) is 0.123. The maximum absolute atomic E-state index is 12.5. The fourth-order valence-electron chi connectivity index (χ4n) is 15.1. The van der Waals surface area contributed by atoms with E-state index in [1.165, 1.54) is 6.92 Å². The molecule has 24 atom stereocenters. The average molecular weight is 927 g/mol. The molecule has 17 nitrogen and oxygen atoms in total. The number of hydrogen-bond donors (Lipinski definition) is 10. The molecule has 4 saturated carbocycles. The molecule has 8 rings (SSSR count). The molecule has 10 N–H and O–H groups in total. The van der Waals surface area contributed by atoms with Gasteiger partial charge in [0.25, 0.3) is 0 Å². The molecule has 0 spiro atoms. The van der Waals surface area contributed by atoms with Crippen LogP contribution in [0.3, 0.4) is 0 Å². The second kappa shape index (κ2) is 17.2. The number of ether oxygens (including phenoxy) is 6. The molecule has 5 aliphatic carbocycles. The van der Waals surface area contributed by atoms with Gasteiger partial charge in [0.15, 0.2) is 25.0 Å². The van der Waals surface area contributed by atoms with E-state index >= 15 is 0 Å². The Hall–Kier alpha value is -1.39. The van der Waals surface area contributed by atoms with Gasteiger partial charge in [0, 0.05) is 5.41 Å². The Kier molecular flexibility index (Phi) is 13.2. The van der Waals surface area contributed by atoms with Crippen LogP contribution in [0.1, 0.15) is 120 Å². The number of fused-ring (bicyclic) bond motifs is 7. The van der Waals surface area contributed by atoms with Crippen LogP contribution in [0.5, 0.6) is 0 Å². The molecule has 0 bridgehead atoms. The van der Waals surface area contributed by atoms with Crippen molar-refractivity contribution in [3.63, 3.8) is 0 Å². The molecule has 372 valence electrons. The number of hydrogen-bond acceptors (Lipinski definition) is 16. The summed E-state index contributed by atoms with van der Waals surface area (Å²) in [6, 6.07) is 0. The van der Waals surface area contributed by atoms with Crippen LogP contribution >= 0.6 is 0 Å². The van der Waals surface area contributed by atoms with E-state index in [1.807, 2.05) is 0 Å². The highest BCUT2D eigenvalue weighted by Crippen LogP contribution is 2.76. The van der Waals surface area contributed by atoms with Crippen LogP contribution in [0.15, 0.2) is 11.6 Å². The molecule has 0 aromatic carbocycles. The fraction of sp³-hybridized carbons (Fsp3) is 0.938. The van der Waals surface area contributed by atoms with Gasteiger partial charge in [-0.25, -0.2) is 4.79 Å². The summed E-state index contributed by atoms with van der Waals surface area (Å²) in [7, 11) is 0. The van der Waals surface area contributed by atoms with Gasteiger partial charge in [-0.15, -0.1) is 0 Å². The van der Waals surface area contributed by atoms with Crippen molar-refractivity contribution in [1.29, 1.82) is 0 Å². The number of carbonyl (C=O) groups is 1. The van der Waals surface area contributed by atoms with Crippen LogP contribution in [0.25, 0.3) is 0 Å². The Morgan fingerprint density at radius 2 is 1.29 bits per heavy atom. The van der Waals surface area contributed by atoms with Gasteiger partial charge in [-0.2, -0.15) is 0 Å². The molecule has 0 amide bonds. The van der Waals surface area contributed by atoms with Crippen molar-refractivity contribution in [2.24, 2.45) is 50.2 Å². The van der Waals surface area contributed by atoms with E-state index in [4.69, 9.17) is 28.4 Å². The van der Waals surface area contributed by atoms with Gasteiger partial charge in [0.05, 0.1) is 24.9 Å². The van der Waals surface area contributed by atoms with Gasteiger partial charge in [0.2, 0.25) is 0 Å². The first-order chi connectivity index (χ1) is 30.2. The van der Waals surface area contributed by atoms with E-state index in [0.29, 0.717) is 18.3 Å². The molecule has 65 heavy (non-hydrogen) atoms. The lowest BCUT2D eigenvalue weighted by Gasteiger charge is -2.71. The van der Waals surface area contributed by atoms with Crippen molar-refractivity contribution in [2.75, 3.05) is 6.61 Å². The van der Waals surface area contributed by atoms with Crippen molar-refractivity contribution in [3.8, 4) is 0 Å². The fourth-order valence-corrected chi connectivity index (χ4v) is 15.1. The largest absolute Gasteiger partial charge is 0.479 e. The zero-order valence-electron chi connectivity index (χ0n) is 39.5. The standard InChI is InChI=1S/C48H78O17/c1-21-29(51)31(53)35(57)40(60-21)64-37-32(54)30(52)24(20-49)61-41(37)65-38-34(56)33(55)36(39(58)59)63-42(38)62-28-13-14-46(7)25(44(28,4)5)12-15-48(9)26(46)11-10-22-23-18-43(2,3)19-27(50)45(23,6)16-17-47(22,48)8/h10,21,23-38,40-42,49-57H,11-20H2,1-9H3,(H,58,59)/t21-,23+,24-,25-,26-,27+,28+,29-,30+,31-,32+,33-,34-,35-,36-,37-,38+,40+,41-,42+,45-,46+,47-,48-/m1/s1. The molecule has 3 heterocycles. The van der Waals surface area contributed by atoms with E-state index < -0.39 is 116 Å². The second-order valence-electron chi connectivity index (χ2n) is 23.8. The third-order valence-corrected chi connectivity index (χ3v) is 19.4. The number of carboxylic acids is 1. The Morgan fingerprint density at radius 3 is 1.94 bits per heavy atom. The second-order valence-corrected chi connectivity index (χ2v) is 23.8. The van der Waals surface area contributed by atoms with Gasteiger partial charge in [-0.3, -0.25) is 0 Å². The van der Waals surface area contributed by atoms with E-state index in [2.05, 4.69) is 61.5 Å². The van der Waals surface area contributed by atoms with Crippen molar-refractivity contribution < 1.29 is 84.3 Å². The Balaban J connectivity index is 1.06. The van der Waals surface area contributed by atoms with Gasteiger partial charge >= 0.3 is 5.97 Å². The highest BCUT2D eigenvalue weighted by molar-refractivity contribution is 5.73. The molecule has 0 aromatic heterocycles. The zero-order chi connectivity index (χ0) is 47.7. The summed E-state index contributed by atoms with van der Waals surface area (Å²) < 4.78 is 36.4. The molecule has 0 unspecified atom stereocenters. The van der Waals surface area contributed by atoms with Crippen LogP contribution in [-0.2, 0) is 33.2 Å².